The van der Waals surface area contributed by atoms with Crippen molar-refractivity contribution in [1.29, 1.82) is 0 Å². The van der Waals surface area contributed by atoms with Gasteiger partial charge in [0.2, 0.25) is 5.91 Å². The Bertz CT molecular complexity index is 342. The topological polar surface area (TPSA) is 66.4 Å². The summed E-state index contributed by atoms with van der Waals surface area (Å²) in [6.07, 6.45) is 6.59. The Morgan fingerprint density at radius 1 is 1.44 bits per heavy atom. The Balaban J connectivity index is 2.34. The second-order valence-corrected chi connectivity index (χ2v) is 3.90. The molecule has 0 aromatic carbocycles. The van der Waals surface area contributed by atoms with Gasteiger partial charge in [-0.25, -0.2) is 0 Å². The number of allylic oxidation sites excluding steroid dienone is 4. The average molecular weight is 223 g/mol. The molecule has 0 atom stereocenters. The number of carboxylic acid groups (broad SMARTS) is 1. The molecule has 0 bridgehead atoms. The lowest BCUT2D eigenvalue weighted by Gasteiger charge is -2.14. The van der Waals surface area contributed by atoms with E-state index < -0.39 is 5.97 Å². The van der Waals surface area contributed by atoms with Gasteiger partial charge < -0.3 is 10.4 Å². The van der Waals surface area contributed by atoms with Crippen LogP contribution in [0.5, 0.6) is 0 Å². The molecule has 0 aliphatic heterocycles. The van der Waals surface area contributed by atoms with Crippen LogP contribution in [-0.2, 0) is 9.59 Å². The van der Waals surface area contributed by atoms with Crippen LogP contribution in [0, 0.1) is 0 Å². The van der Waals surface area contributed by atoms with Crippen LogP contribution in [0.1, 0.15) is 39.0 Å². The minimum atomic E-state index is -0.858. The van der Waals surface area contributed by atoms with E-state index in [4.69, 9.17) is 5.11 Å². The van der Waals surface area contributed by atoms with E-state index in [1.807, 2.05) is 13.0 Å². The number of hydrogen-bond acceptors (Lipinski definition) is 2. The zero-order valence-electron chi connectivity index (χ0n) is 9.45. The minimum Gasteiger partial charge on any atom is -0.481 e. The monoisotopic (exact) mass is 223 g/mol. The van der Waals surface area contributed by atoms with Crippen molar-refractivity contribution in [1.82, 2.24) is 5.32 Å². The molecular formula is C12H17NO3. The lowest BCUT2D eigenvalue weighted by Crippen LogP contribution is -2.24. The van der Waals surface area contributed by atoms with Crippen molar-refractivity contribution in [3.63, 3.8) is 0 Å². The molecule has 16 heavy (non-hydrogen) atoms. The highest BCUT2D eigenvalue weighted by Gasteiger charge is 2.09. The zero-order chi connectivity index (χ0) is 12.0. The molecule has 4 nitrogen and oxygen atoms in total. The van der Waals surface area contributed by atoms with Crippen LogP contribution in [0.3, 0.4) is 0 Å². The third-order valence-electron chi connectivity index (χ3n) is 2.49. The summed E-state index contributed by atoms with van der Waals surface area (Å²) in [7, 11) is 0. The van der Waals surface area contributed by atoms with Crippen molar-refractivity contribution in [2.75, 3.05) is 0 Å². The molecule has 0 spiro atoms. The number of aliphatic carboxylic acids is 1. The molecule has 0 heterocycles. The van der Waals surface area contributed by atoms with Gasteiger partial charge in [-0.05, 0) is 31.8 Å². The Hall–Kier alpha value is -1.58. The smallest absolute Gasteiger partial charge is 0.303 e. The van der Waals surface area contributed by atoms with Crippen LogP contribution in [-0.4, -0.2) is 17.0 Å². The Morgan fingerprint density at radius 2 is 2.19 bits per heavy atom. The summed E-state index contributed by atoms with van der Waals surface area (Å²) in [6.45, 7) is 1.96. The first kappa shape index (κ1) is 12.5. The molecule has 4 heteroatoms. The summed E-state index contributed by atoms with van der Waals surface area (Å²) in [5, 5.41) is 11.3. The first-order valence-electron chi connectivity index (χ1n) is 5.47. The van der Waals surface area contributed by atoms with Gasteiger partial charge in [0.15, 0.2) is 0 Å². The van der Waals surface area contributed by atoms with Crippen molar-refractivity contribution < 1.29 is 14.7 Å². The minimum absolute atomic E-state index is 0.0470. The van der Waals surface area contributed by atoms with E-state index in [1.54, 1.807) is 0 Å². The van der Waals surface area contributed by atoms with Gasteiger partial charge in [0.25, 0.3) is 0 Å². The predicted octanol–water partition coefficient (Wildman–Crippen LogP) is 1.98. The van der Waals surface area contributed by atoms with Crippen LogP contribution in [0.2, 0.25) is 0 Å². The van der Waals surface area contributed by atoms with E-state index in [2.05, 4.69) is 11.4 Å². The lowest BCUT2D eigenvalue weighted by atomic mass is 10.0. The summed E-state index contributed by atoms with van der Waals surface area (Å²) >= 11 is 0. The van der Waals surface area contributed by atoms with Crippen molar-refractivity contribution in [2.45, 2.75) is 39.0 Å². The highest BCUT2D eigenvalue weighted by molar-refractivity contribution is 5.78. The van der Waals surface area contributed by atoms with Crippen LogP contribution < -0.4 is 5.32 Å². The summed E-state index contributed by atoms with van der Waals surface area (Å²) in [5.41, 5.74) is 2.04. The number of amides is 1. The van der Waals surface area contributed by atoms with Crippen LogP contribution >= 0.6 is 0 Å². The molecule has 0 saturated heterocycles. The maximum atomic E-state index is 11.5. The van der Waals surface area contributed by atoms with Crippen LogP contribution in [0.15, 0.2) is 23.4 Å². The summed E-state index contributed by atoms with van der Waals surface area (Å²) < 4.78 is 0. The number of rotatable bonds is 5. The predicted molar refractivity (Wildman–Crippen MR) is 60.7 cm³/mol. The van der Waals surface area contributed by atoms with Gasteiger partial charge in [-0.3, -0.25) is 9.59 Å². The van der Waals surface area contributed by atoms with Crippen molar-refractivity contribution in [3.8, 4) is 0 Å². The summed E-state index contributed by atoms with van der Waals surface area (Å²) in [5.74, 6) is -0.949. The fourth-order valence-electron chi connectivity index (χ4n) is 1.58. The van der Waals surface area contributed by atoms with Gasteiger partial charge in [0.1, 0.15) is 0 Å². The van der Waals surface area contributed by atoms with Gasteiger partial charge in [-0.15, -0.1) is 0 Å². The van der Waals surface area contributed by atoms with Crippen molar-refractivity contribution in [2.24, 2.45) is 0 Å². The second kappa shape index (κ2) is 6.10. The lowest BCUT2D eigenvalue weighted by molar-refractivity contribution is -0.137. The van der Waals surface area contributed by atoms with Gasteiger partial charge in [-0.1, -0.05) is 12.2 Å². The van der Waals surface area contributed by atoms with E-state index >= 15 is 0 Å². The molecule has 2 N–H and O–H groups in total. The quantitative estimate of drug-likeness (QED) is 0.749. The number of carbonyl (C=O) groups is 2. The van der Waals surface area contributed by atoms with Crippen molar-refractivity contribution >= 4 is 11.9 Å². The van der Waals surface area contributed by atoms with Gasteiger partial charge in [0, 0.05) is 18.5 Å². The average Bonchev–Trinajstić information content (AvgIpc) is 2.21. The molecule has 0 aromatic heterocycles. The molecule has 0 unspecified atom stereocenters. The largest absolute Gasteiger partial charge is 0.481 e. The molecule has 1 amide bonds. The van der Waals surface area contributed by atoms with Gasteiger partial charge in [0.05, 0.1) is 0 Å². The molecule has 1 aliphatic rings. The maximum absolute atomic E-state index is 11.5. The molecule has 0 aromatic rings. The van der Waals surface area contributed by atoms with Crippen LogP contribution in [0.25, 0.3) is 0 Å². The standard InChI is InChI=1S/C12H17NO3/c1-9-5-2-3-6-10(9)13-11(14)7-4-8-12(15)16/h2,5H,3-4,6-8H2,1H3,(H,13,14)(H,15,16). The Labute approximate surface area is 95.0 Å². The fraction of sp³-hybridized carbons (Fsp3) is 0.500. The summed E-state index contributed by atoms with van der Waals surface area (Å²) in [6, 6.07) is 0. The fourth-order valence-corrected chi connectivity index (χ4v) is 1.58. The number of carboxylic acids is 1. The molecule has 1 rings (SSSR count). The number of carbonyl (C=O) groups excluding carboxylic acids is 1. The van der Waals surface area contributed by atoms with E-state index in [1.165, 1.54) is 0 Å². The van der Waals surface area contributed by atoms with E-state index in [0.717, 1.165) is 24.1 Å². The van der Waals surface area contributed by atoms with Gasteiger partial charge >= 0.3 is 5.97 Å². The Morgan fingerprint density at radius 3 is 2.81 bits per heavy atom. The van der Waals surface area contributed by atoms with Gasteiger partial charge in [-0.2, -0.15) is 0 Å². The first-order valence-corrected chi connectivity index (χ1v) is 5.47. The molecule has 0 saturated carbocycles. The molecule has 88 valence electrons. The summed E-state index contributed by atoms with van der Waals surface area (Å²) in [4.78, 5) is 21.7. The van der Waals surface area contributed by atoms with E-state index in [-0.39, 0.29) is 18.7 Å². The Kier molecular flexibility index (Phi) is 4.76. The zero-order valence-corrected chi connectivity index (χ0v) is 9.45. The number of nitrogens with one attached hydrogen (secondary N) is 1. The second-order valence-electron chi connectivity index (χ2n) is 3.90. The SMILES string of the molecule is CC1=C(NC(=O)CCCC(=O)O)CCC=C1. The van der Waals surface area contributed by atoms with E-state index in [0.29, 0.717) is 6.42 Å². The maximum Gasteiger partial charge on any atom is 0.303 e. The first-order chi connectivity index (χ1) is 7.59. The molecule has 0 fully saturated rings. The highest BCUT2D eigenvalue weighted by atomic mass is 16.4. The third kappa shape index (κ3) is 4.29. The highest BCUT2D eigenvalue weighted by Crippen LogP contribution is 2.16. The normalized spacial score (nSPS) is 15.1. The van der Waals surface area contributed by atoms with E-state index in [9.17, 15) is 9.59 Å². The number of hydrogen-bond donors (Lipinski definition) is 2. The molecule has 1 aliphatic carbocycles. The molecular weight excluding hydrogens is 206 g/mol. The van der Waals surface area contributed by atoms with Crippen LogP contribution in [0.4, 0.5) is 0 Å². The van der Waals surface area contributed by atoms with Crippen molar-refractivity contribution in [3.05, 3.63) is 23.4 Å². The molecule has 0 radical (unpaired) electrons. The third-order valence-corrected chi connectivity index (χ3v) is 2.49.